The summed E-state index contributed by atoms with van der Waals surface area (Å²) in [5.74, 6) is 0.778. The number of hydrogen-bond donors (Lipinski definition) is 1. The van der Waals surface area contributed by atoms with E-state index >= 15 is 0 Å². The van der Waals surface area contributed by atoms with Crippen molar-refractivity contribution in [1.82, 2.24) is 10.5 Å². The number of nitrogens with one attached hydrogen (secondary N) is 1. The number of halogens is 1. The summed E-state index contributed by atoms with van der Waals surface area (Å²) in [5, 5.41) is 6.61. The predicted octanol–water partition coefficient (Wildman–Crippen LogP) is 3.35. The van der Waals surface area contributed by atoms with Crippen LogP contribution in [0.2, 0.25) is 0 Å². The number of carbonyl (C=O) groups is 1. The van der Waals surface area contributed by atoms with Crippen LogP contribution in [0.3, 0.4) is 0 Å². The summed E-state index contributed by atoms with van der Waals surface area (Å²) < 4.78 is 23.4. The molecule has 0 saturated heterocycles. The lowest BCUT2D eigenvalue weighted by Crippen LogP contribution is -2.24. The van der Waals surface area contributed by atoms with E-state index in [2.05, 4.69) is 10.5 Å². The average Bonchev–Trinajstić information content (AvgIpc) is 3.09. The minimum Gasteiger partial charge on any atom is -0.497 e. The highest BCUT2D eigenvalue weighted by Gasteiger charge is 2.12. The van der Waals surface area contributed by atoms with Gasteiger partial charge in [-0.2, -0.15) is 0 Å². The van der Waals surface area contributed by atoms with Crippen LogP contribution in [-0.2, 0) is 17.8 Å². The number of amides is 1. The molecule has 1 amide bonds. The van der Waals surface area contributed by atoms with Crippen LogP contribution in [0.4, 0.5) is 4.39 Å². The molecule has 5 nitrogen and oxygen atoms in total. The zero-order chi connectivity index (χ0) is 17.6. The SMILES string of the molecule is COc1cccc(CC(=O)NCc2cnoc2-c2ccc(F)cc2)c1. The zero-order valence-electron chi connectivity index (χ0n) is 13.7. The van der Waals surface area contributed by atoms with Crippen molar-refractivity contribution in [3.05, 3.63) is 71.7 Å². The number of carbonyl (C=O) groups excluding carboxylic acids is 1. The molecule has 1 aromatic heterocycles. The lowest BCUT2D eigenvalue weighted by Gasteiger charge is -2.06. The number of ether oxygens (including phenoxy) is 1. The van der Waals surface area contributed by atoms with Crippen molar-refractivity contribution < 1.29 is 18.4 Å². The summed E-state index contributed by atoms with van der Waals surface area (Å²) >= 11 is 0. The first kappa shape index (κ1) is 16.7. The third kappa shape index (κ3) is 4.23. The molecule has 0 spiro atoms. The van der Waals surface area contributed by atoms with Crippen LogP contribution in [0, 0.1) is 5.82 Å². The zero-order valence-corrected chi connectivity index (χ0v) is 13.7. The second-order valence-electron chi connectivity index (χ2n) is 5.49. The maximum atomic E-state index is 13.0. The molecule has 1 N–H and O–H groups in total. The normalized spacial score (nSPS) is 10.5. The van der Waals surface area contributed by atoms with E-state index in [0.29, 0.717) is 17.1 Å². The van der Waals surface area contributed by atoms with Gasteiger partial charge in [0, 0.05) is 17.7 Å². The molecule has 0 radical (unpaired) electrons. The van der Waals surface area contributed by atoms with Crippen molar-refractivity contribution in [2.45, 2.75) is 13.0 Å². The van der Waals surface area contributed by atoms with Crippen LogP contribution in [0.1, 0.15) is 11.1 Å². The van der Waals surface area contributed by atoms with Crippen LogP contribution >= 0.6 is 0 Å². The molecule has 6 heteroatoms. The van der Waals surface area contributed by atoms with Gasteiger partial charge in [0.15, 0.2) is 5.76 Å². The molecule has 1 heterocycles. The highest BCUT2D eigenvalue weighted by Crippen LogP contribution is 2.23. The molecule has 128 valence electrons. The van der Waals surface area contributed by atoms with E-state index < -0.39 is 0 Å². The largest absolute Gasteiger partial charge is 0.497 e. The Hall–Kier alpha value is -3.15. The van der Waals surface area contributed by atoms with Gasteiger partial charge in [0.2, 0.25) is 5.91 Å². The van der Waals surface area contributed by atoms with Crippen LogP contribution in [0.25, 0.3) is 11.3 Å². The Morgan fingerprint density at radius 1 is 1.24 bits per heavy atom. The third-order valence-corrected chi connectivity index (χ3v) is 3.73. The van der Waals surface area contributed by atoms with Gasteiger partial charge >= 0.3 is 0 Å². The molecule has 0 aliphatic carbocycles. The van der Waals surface area contributed by atoms with Crippen LogP contribution in [0.5, 0.6) is 5.75 Å². The van der Waals surface area contributed by atoms with Crippen molar-refractivity contribution in [2.75, 3.05) is 7.11 Å². The number of nitrogens with zero attached hydrogens (tertiary/aromatic N) is 1. The molecule has 0 saturated carbocycles. The van der Waals surface area contributed by atoms with Gasteiger partial charge in [-0.3, -0.25) is 4.79 Å². The maximum Gasteiger partial charge on any atom is 0.224 e. The molecule has 2 aromatic carbocycles. The molecule has 0 fully saturated rings. The summed E-state index contributed by atoms with van der Waals surface area (Å²) in [6.45, 7) is 0.277. The molecule has 3 rings (SSSR count). The third-order valence-electron chi connectivity index (χ3n) is 3.73. The lowest BCUT2D eigenvalue weighted by molar-refractivity contribution is -0.120. The van der Waals surface area contributed by atoms with Gasteiger partial charge in [0.25, 0.3) is 0 Å². The van der Waals surface area contributed by atoms with Crippen LogP contribution in [-0.4, -0.2) is 18.2 Å². The van der Waals surface area contributed by atoms with Gasteiger partial charge in [-0.05, 0) is 42.0 Å². The molecule has 3 aromatic rings. The van der Waals surface area contributed by atoms with Gasteiger partial charge in [0.05, 0.1) is 19.7 Å². The van der Waals surface area contributed by atoms with Gasteiger partial charge < -0.3 is 14.6 Å². The van der Waals surface area contributed by atoms with E-state index in [4.69, 9.17) is 9.26 Å². The molecule has 0 unspecified atom stereocenters. The number of methoxy groups -OCH3 is 1. The highest BCUT2D eigenvalue weighted by molar-refractivity contribution is 5.78. The van der Waals surface area contributed by atoms with Crippen molar-refractivity contribution in [1.29, 1.82) is 0 Å². The Labute approximate surface area is 144 Å². The van der Waals surface area contributed by atoms with Crippen molar-refractivity contribution >= 4 is 5.91 Å². The predicted molar refractivity (Wildman–Crippen MR) is 90.4 cm³/mol. The van der Waals surface area contributed by atoms with E-state index in [1.807, 2.05) is 24.3 Å². The van der Waals surface area contributed by atoms with Gasteiger partial charge in [-0.1, -0.05) is 17.3 Å². The maximum absolute atomic E-state index is 13.0. The minimum atomic E-state index is -0.323. The standard InChI is InChI=1S/C19H17FN2O3/c1-24-17-4-2-3-13(9-17)10-18(23)21-11-15-12-22-25-19(15)14-5-7-16(20)8-6-14/h2-9,12H,10-11H2,1H3,(H,21,23). The van der Waals surface area contributed by atoms with Gasteiger partial charge in [-0.15, -0.1) is 0 Å². The Bertz CT molecular complexity index is 859. The smallest absolute Gasteiger partial charge is 0.224 e. The molecular formula is C19H17FN2O3. The van der Waals surface area contributed by atoms with Crippen LogP contribution in [0.15, 0.2) is 59.3 Å². The van der Waals surface area contributed by atoms with E-state index in [9.17, 15) is 9.18 Å². The molecule has 25 heavy (non-hydrogen) atoms. The summed E-state index contributed by atoms with van der Waals surface area (Å²) in [6, 6.07) is 13.3. The number of rotatable bonds is 6. The van der Waals surface area contributed by atoms with Gasteiger partial charge in [0.1, 0.15) is 11.6 Å². The van der Waals surface area contributed by atoms with Gasteiger partial charge in [-0.25, -0.2) is 4.39 Å². The summed E-state index contributed by atoms with van der Waals surface area (Å²) in [6.07, 6.45) is 1.79. The quantitative estimate of drug-likeness (QED) is 0.747. The fourth-order valence-corrected chi connectivity index (χ4v) is 2.45. The number of benzene rings is 2. The second-order valence-corrected chi connectivity index (χ2v) is 5.49. The summed E-state index contributed by atoms with van der Waals surface area (Å²) in [7, 11) is 1.59. The fraction of sp³-hybridized carbons (Fsp3) is 0.158. The number of hydrogen-bond acceptors (Lipinski definition) is 4. The van der Waals surface area contributed by atoms with Crippen molar-refractivity contribution in [2.24, 2.45) is 0 Å². The van der Waals surface area contributed by atoms with Crippen molar-refractivity contribution in [3.63, 3.8) is 0 Å². The topological polar surface area (TPSA) is 64.4 Å². The average molecular weight is 340 g/mol. The first-order valence-corrected chi connectivity index (χ1v) is 7.75. The molecule has 0 bridgehead atoms. The van der Waals surface area contributed by atoms with E-state index in [1.54, 1.807) is 25.4 Å². The van der Waals surface area contributed by atoms with E-state index in [0.717, 1.165) is 11.1 Å². The molecule has 0 aliphatic rings. The Kier molecular flexibility index (Phi) is 5.09. The first-order valence-electron chi connectivity index (χ1n) is 7.75. The lowest BCUT2D eigenvalue weighted by atomic mass is 10.1. The fourth-order valence-electron chi connectivity index (χ4n) is 2.45. The first-order chi connectivity index (χ1) is 12.2. The minimum absolute atomic E-state index is 0.125. The highest BCUT2D eigenvalue weighted by atomic mass is 19.1. The van der Waals surface area contributed by atoms with E-state index in [-0.39, 0.29) is 24.7 Å². The number of aromatic nitrogens is 1. The van der Waals surface area contributed by atoms with E-state index in [1.165, 1.54) is 12.1 Å². The summed E-state index contributed by atoms with van der Waals surface area (Å²) in [5.41, 5.74) is 2.29. The molecule has 0 aliphatic heterocycles. The Morgan fingerprint density at radius 3 is 2.80 bits per heavy atom. The summed E-state index contributed by atoms with van der Waals surface area (Å²) in [4.78, 5) is 12.1. The van der Waals surface area contributed by atoms with Crippen LogP contribution < -0.4 is 10.1 Å². The Morgan fingerprint density at radius 2 is 2.04 bits per heavy atom. The molecular weight excluding hydrogens is 323 g/mol. The second kappa shape index (κ2) is 7.61. The monoisotopic (exact) mass is 340 g/mol. The van der Waals surface area contributed by atoms with Crippen molar-refractivity contribution in [3.8, 4) is 17.1 Å². The molecule has 0 atom stereocenters. The Balaban J connectivity index is 1.63.